The number of hydrogen-bond acceptors (Lipinski definition) is 5. The Labute approximate surface area is 154 Å². The first-order chi connectivity index (χ1) is 12.6. The minimum Gasteiger partial charge on any atom is -0.491 e. The molecule has 3 rings (SSSR count). The first kappa shape index (κ1) is 18.2. The number of ether oxygens (including phenoxy) is 1. The van der Waals surface area contributed by atoms with Crippen molar-refractivity contribution in [3.63, 3.8) is 0 Å². The van der Waals surface area contributed by atoms with E-state index in [2.05, 4.69) is 20.1 Å². The van der Waals surface area contributed by atoms with Gasteiger partial charge in [0.2, 0.25) is 5.91 Å². The average Bonchev–Trinajstić information content (AvgIpc) is 2.64. The van der Waals surface area contributed by atoms with Crippen molar-refractivity contribution in [2.24, 2.45) is 0 Å². The van der Waals surface area contributed by atoms with Crippen LogP contribution in [0.4, 0.5) is 11.5 Å². The number of nitrogens with one attached hydrogen (secondary N) is 1. The molecule has 1 saturated heterocycles. The fourth-order valence-electron chi connectivity index (χ4n) is 2.97. The van der Waals surface area contributed by atoms with Crippen LogP contribution in [0, 0.1) is 0 Å². The number of hydrogen-bond donors (Lipinski definition) is 1. The maximum atomic E-state index is 12.3. The van der Waals surface area contributed by atoms with Crippen LogP contribution in [0.2, 0.25) is 0 Å². The lowest BCUT2D eigenvalue weighted by Crippen LogP contribution is -2.48. The summed E-state index contributed by atoms with van der Waals surface area (Å²) in [5.41, 5.74) is 0.790. The minimum absolute atomic E-state index is 0.00816. The van der Waals surface area contributed by atoms with Gasteiger partial charge in [0.1, 0.15) is 11.6 Å². The number of carbonyl (C=O) groups is 1. The number of anilines is 2. The van der Waals surface area contributed by atoms with E-state index < -0.39 is 0 Å². The van der Waals surface area contributed by atoms with Crippen molar-refractivity contribution >= 4 is 17.4 Å². The second kappa shape index (κ2) is 8.67. The van der Waals surface area contributed by atoms with Crippen molar-refractivity contribution in [1.82, 2.24) is 9.88 Å². The molecule has 0 aliphatic carbocycles. The van der Waals surface area contributed by atoms with Crippen molar-refractivity contribution in [3.05, 3.63) is 48.7 Å². The van der Waals surface area contributed by atoms with Crippen LogP contribution < -0.4 is 15.0 Å². The molecular weight excluding hydrogens is 328 g/mol. The van der Waals surface area contributed by atoms with Crippen LogP contribution in [-0.2, 0) is 4.79 Å². The van der Waals surface area contributed by atoms with Crippen molar-refractivity contribution in [1.29, 1.82) is 0 Å². The average molecular weight is 354 g/mol. The molecule has 1 aromatic carbocycles. The first-order valence-electron chi connectivity index (χ1n) is 9.05. The molecule has 1 amide bonds. The quantitative estimate of drug-likeness (QED) is 0.864. The third-order valence-corrected chi connectivity index (χ3v) is 4.22. The predicted molar refractivity (Wildman–Crippen MR) is 104 cm³/mol. The number of pyridine rings is 1. The Morgan fingerprint density at radius 3 is 2.46 bits per heavy atom. The van der Waals surface area contributed by atoms with Gasteiger partial charge >= 0.3 is 0 Å². The Hall–Kier alpha value is -2.60. The van der Waals surface area contributed by atoms with Crippen molar-refractivity contribution < 1.29 is 9.53 Å². The smallest absolute Gasteiger partial charge is 0.238 e. The zero-order valence-electron chi connectivity index (χ0n) is 15.4. The number of amides is 1. The summed E-state index contributed by atoms with van der Waals surface area (Å²) in [6.07, 6.45) is 1.95. The Bertz CT molecular complexity index is 696. The third kappa shape index (κ3) is 5.20. The molecule has 0 saturated carbocycles. The molecule has 1 fully saturated rings. The summed E-state index contributed by atoms with van der Waals surface area (Å²) in [5.74, 6) is 1.82. The normalized spacial score (nSPS) is 15.1. The van der Waals surface area contributed by atoms with Crippen LogP contribution in [0.15, 0.2) is 48.7 Å². The monoisotopic (exact) mass is 354 g/mol. The highest BCUT2D eigenvalue weighted by atomic mass is 16.5. The van der Waals surface area contributed by atoms with Gasteiger partial charge in [-0.2, -0.15) is 0 Å². The molecule has 2 aromatic rings. The van der Waals surface area contributed by atoms with Gasteiger partial charge in [-0.3, -0.25) is 9.69 Å². The minimum atomic E-state index is 0.00816. The molecular formula is C20H26N4O2. The summed E-state index contributed by atoms with van der Waals surface area (Å²) in [6.45, 7) is 7.85. The van der Waals surface area contributed by atoms with Gasteiger partial charge in [0.25, 0.3) is 0 Å². The molecule has 0 radical (unpaired) electrons. The number of rotatable bonds is 6. The van der Waals surface area contributed by atoms with E-state index in [0.29, 0.717) is 6.54 Å². The molecule has 26 heavy (non-hydrogen) atoms. The van der Waals surface area contributed by atoms with Crippen LogP contribution in [-0.4, -0.2) is 54.6 Å². The van der Waals surface area contributed by atoms with E-state index in [-0.39, 0.29) is 12.0 Å². The molecule has 138 valence electrons. The Morgan fingerprint density at radius 2 is 1.85 bits per heavy atom. The lowest BCUT2D eigenvalue weighted by atomic mass is 10.2. The zero-order valence-corrected chi connectivity index (χ0v) is 15.4. The molecule has 1 N–H and O–H groups in total. The Morgan fingerprint density at radius 1 is 1.12 bits per heavy atom. The Balaban J connectivity index is 1.44. The Kier molecular flexibility index (Phi) is 6.07. The molecule has 1 aliphatic heterocycles. The number of nitrogens with zero attached hydrogens (tertiary/aromatic N) is 3. The van der Waals surface area contributed by atoms with Crippen molar-refractivity contribution in [2.45, 2.75) is 20.0 Å². The van der Waals surface area contributed by atoms with Gasteiger partial charge in [-0.1, -0.05) is 6.07 Å². The van der Waals surface area contributed by atoms with E-state index in [1.54, 1.807) is 0 Å². The van der Waals surface area contributed by atoms with Crippen molar-refractivity contribution in [2.75, 3.05) is 42.9 Å². The molecule has 0 unspecified atom stereocenters. The SMILES string of the molecule is CC(C)Oc1ccc(NC(=O)CN2CCN(c3ccccn3)CC2)cc1. The van der Waals surface area contributed by atoms with E-state index in [1.165, 1.54) is 0 Å². The summed E-state index contributed by atoms with van der Waals surface area (Å²) >= 11 is 0. The molecule has 1 aliphatic rings. The van der Waals surface area contributed by atoms with Gasteiger partial charge in [-0.15, -0.1) is 0 Å². The van der Waals surface area contributed by atoms with Gasteiger partial charge in [0, 0.05) is 38.1 Å². The molecule has 0 spiro atoms. The summed E-state index contributed by atoms with van der Waals surface area (Å²) in [4.78, 5) is 21.1. The molecule has 2 heterocycles. The highest BCUT2D eigenvalue weighted by Crippen LogP contribution is 2.17. The fraction of sp³-hybridized carbons (Fsp3) is 0.400. The van der Waals surface area contributed by atoms with Gasteiger partial charge in [-0.25, -0.2) is 4.98 Å². The second-order valence-corrected chi connectivity index (χ2v) is 6.69. The number of carbonyl (C=O) groups excluding carboxylic acids is 1. The maximum Gasteiger partial charge on any atom is 0.238 e. The topological polar surface area (TPSA) is 57.7 Å². The fourth-order valence-corrected chi connectivity index (χ4v) is 2.97. The summed E-state index contributed by atoms with van der Waals surface area (Å²) in [5, 5.41) is 2.95. The second-order valence-electron chi connectivity index (χ2n) is 6.69. The molecule has 6 heteroatoms. The van der Waals surface area contributed by atoms with E-state index >= 15 is 0 Å². The third-order valence-electron chi connectivity index (χ3n) is 4.22. The summed E-state index contributed by atoms with van der Waals surface area (Å²) in [6, 6.07) is 13.4. The molecule has 0 bridgehead atoms. The zero-order chi connectivity index (χ0) is 18.4. The lowest BCUT2D eigenvalue weighted by molar-refractivity contribution is -0.117. The standard InChI is InChI=1S/C20H26N4O2/c1-16(2)26-18-8-6-17(7-9-18)22-20(25)15-23-11-13-24(14-12-23)19-5-3-4-10-21-19/h3-10,16H,11-15H2,1-2H3,(H,22,25). The number of piperazine rings is 1. The number of benzene rings is 1. The van der Waals surface area contributed by atoms with Crippen LogP contribution >= 0.6 is 0 Å². The van der Waals surface area contributed by atoms with E-state index in [0.717, 1.165) is 43.4 Å². The van der Waals surface area contributed by atoms with E-state index in [4.69, 9.17) is 4.74 Å². The lowest BCUT2D eigenvalue weighted by Gasteiger charge is -2.34. The van der Waals surface area contributed by atoms with Crippen molar-refractivity contribution in [3.8, 4) is 5.75 Å². The highest BCUT2D eigenvalue weighted by Gasteiger charge is 2.19. The van der Waals surface area contributed by atoms with Crippen LogP contribution in [0.5, 0.6) is 5.75 Å². The van der Waals surface area contributed by atoms with Crippen LogP contribution in [0.3, 0.4) is 0 Å². The van der Waals surface area contributed by atoms with Gasteiger partial charge in [0.05, 0.1) is 12.6 Å². The predicted octanol–water partition coefficient (Wildman–Crippen LogP) is 2.63. The summed E-state index contributed by atoms with van der Waals surface area (Å²) < 4.78 is 5.61. The first-order valence-corrected chi connectivity index (χ1v) is 9.05. The number of aromatic nitrogens is 1. The largest absolute Gasteiger partial charge is 0.491 e. The van der Waals surface area contributed by atoms with Gasteiger partial charge in [0.15, 0.2) is 0 Å². The van der Waals surface area contributed by atoms with Gasteiger partial charge in [-0.05, 0) is 50.2 Å². The van der Waals surface area contributed by atoms with E-state index in [9.17, 15) is 4.79 Å². The molecule has 0 atom stereocenters. The maximum absolute atomic E-state index is 12.3. The van der Waals surface area contributed by atoms with Gasteiger partial charge < -0.3 is 15.0 Å². The summed E-state index contributed by atoms with van der Waals surface area (Å²) in [7, 11) is 0. The van der Waals surface area contributed by atoms with Crippen LogP contribution in [0.1, 0.15) is 13.8 Å². The van der Waals surface area contributed by atoms with Crippen LogP contribution in [0.25, 0.3) is 0 Å². The molecule has 6 nitrogen and oxygen atoms in total. The van der Waals surface area contributed by atoms with E-state index in [1.807, 2.05) is 62.5 Å². The highest BCUT2D eigenvalue weighted by molar-refractivity contribution is 5.92. The molecule has 1 aromatic heterocycles.